The number of nitrogens with one attached hydrogen (secondary N) is 1. The van der Waals surface area contributed by atoms with Crippen LogP contribution in [0.25, 0.3) is 0 Å². The lowest BCUT2D eigenvalue weighted by Crippen LogP contribution is -2.00. The molecule has 0 amide bonds. The van der Waals surface area contributed by atoms with Crippen LogP contribution in [-0.4, -0.2) is 9.97 Å². The zero-order valence-electron chi connectivity index (χ0n) is 8.91. The van der Waals surface area contributed by atoms with E-state index in [1.165, 1.54) is 0 Å². The Morgan fingerprint density at radius 1 is 1.35 bits per heavy atom. The smallest absolute Gasteiger partial charge is 0.146 e. The summed E-state index contributed by atoms with van der Waals surface area (Å²) in [5, 5.41) is 1.09. The Kier molecular flexibility index (Phi) is 3.89. The van der Waals surface area contributed by atoms with Crippen LogP contribution in [0.2, 0.25) is 10.0 Å². The summed E-state index contributed by atoms with van der Waals surface area (Å²) in [6.45, 7) is 0.713. The molecule has 17 heavy (non-hydrogen) atoms. The zero-order chi connectivity index (χ0) is 12.3. The van der Waals surface area contributed by atoms with Crippen molar-refractivity contribution < 1.29 is 4.74 Å². The van der Waals surface area contributed by atoms with Crippen molar-refractivity contribution in [1.29, 1.82) is 0 Å². The predicted octanol–water partition coefficient (Wildman–Crippen LogP) is 2.75. The van der Waals surface area contributed by atoms with E-state index < -0.39 is 0 Å². The molecule has 1 aromatic carbocycles. The molecule has 0 spiro atoms. The molecule has 0 unspecified atom stereocenters. The van der Waals surface area contributed by atoms with E-state index in [1.54, 1.807) is 24.4 Å². The summed E-state index contributed by atoms with van der Waals surface area (Å²) in [6.07, 6.45) is 1.68. The van der Waals surface area contributed by atoms with Crippen LogP contribution in [0.5, 0.6) is 5.75 Å². The van der Waals surface area contributed by atoms with Gasteiger partial charge in [0.05, 0.1) is 5.02 Å². The summed E-state index contributed by atoms with van der Waals surface area (Å²) in [5.74, 6) is 1.23. The zero-order valence-corrected chi connectivity index (χ0v) is 10.4. The van der Waals surface area contributed by atoms with Crippen LogP contribution in [-0.2, 0) is 13.2 Å². The number of nitrogens with two attached hydrogens (primary N) is 1. The van der Waals surface area contributed by atoms with Gasteiger partial charge in [-0.05, 0) is 12.1 Å². The Labute approximate surface area is 109 Å². The molecule has 1 heterocycles. The highest BCUT2D eigenvalue weighted by molar-refractivity contribution is 6.34. The summed E-state index contributed by atoms with van der Waals surface area (Å²) in [5.41, 5.74) is 6.33. The van der Waals surface area contributed by atoms with Gasteiger partial charge in [0.2, 0.25) is 0 Å². The Morgan fingerprint density at radius 2 is 2.18 bits per heavy atom. The van der Waals surface area contributed by atoms with Gasteiger partial charge in [-0.15, -0.1) is 0 Å². The van der Waals surface area contributed by atoms with Crippen LogP contribution >= 0.6 is 23.2 Å². The second-order valence-corrected chi connectivity index (χ2v) is 4.27. The third kappa shape index (κ3) is 3.12. The molecule has 6 heteroatoms. The molecule has 0 aliphatic carbocycles. The maximum atomic E-state index is 5.96. The molecule has 0 fully saturated rings. The number of aromatic nitrogens is 2. The van der Waals surface area contributed by atoms with E-state index in [-0.39, 0.29) is 0 Å². The monoisotopic (exact) mass is 271 g/mol. The number of imidazole rings is 1. The standard InChI is InChI=1S/C11H11Cl2N3O/c12-7-1-2-9(13)10(3-7)17-6-11-15-5-8(4-14)16-11/h1-3,5H,4,6,14H2,(H,15,16). The summed E-state index contributed by atoms with van der Waals surface area (Å²) in [4.78, 5) is 7.15. The lowest BCUT2D eigenvalue weighted by molar-refractivity contribution is 0.297. The van der Waals surface area contributed by atoms with E-state index in [4.69, 9.17) is 33.7 Å². The number of nitrogens with zero attached hydrogens (tertiary/aromatic N) is 1. The van der Waals surface area contributed by atoms with Gasteiger partial charge >= 0.3 is 0 Å². The molecule has 90 valence electrons. The number of rotatable bonds is 4. The first-order chi connectivity index (χ1) is 8.19. The van der Waals surface area contributed by atoms with Gasteiger partial charge in [-0.25, -0.2) is 4.98 Å². The van der Waals surface area contributed by atoms with Crippen molar-refractivity contribution in [3.8, 4) is 5.75 Å². The average Bonchev–Trinajstić information content (AvgIpc) is 2.78. The Morgan fingerprint density at radius 3 is 2.88 bits per heavy atom. The summed E-state index contributed by atoms with van der Waals surface area (Å²) >= 11 is 11.8. The maximum absolute atomic E-state index is 5.96. The molecule has 0 aliphatic rings. The summed E-state index contributed by atoms with van der Waals surface area (Å²) in [7, 11) is 0. The van der Waals surface area contributed by atoms with Crippen LogP contribution in [0.3, 0.4) is 0 Å². The molecule has 0 atom stereocenters. The van der Waals surface area contributed by atoms with Gasteiger partial charge in [0.15, 0.2) is 0 Å². The highest BCUT2D eigenvalue weighted by atomic mass is 35.5. The first-order valence-corrected chi connectivity index (χ1v) is 5.75. The normalized spacial score (nSPS) is 10.5. The molecular weight excluding hydrogens is 261 g/mol. The molecule has 0 aliphatic heterocycles. The molecule has 0 radical (unpaired) electrons. The van der Waals surface area contributed by atoms with Crippen LogP contribution in [0.15, 0.2) is 24.4 Å². The van der Waals surface area contributed by atoms with Crippen LogP contribution in [0, 0.1) is 0 Å². The average molecular weight is 272 g/mol. The second-order valence-electron chi connectivity index (χ2n) is 3.42. The molecule has 0 bridgehead atoms. The molecule has 2 rings (SSSR count). The largest absolute Gasteiger partial charge is 0.484 e. The number of hydrogen-bond donors (Lipinski definition) is 2. The van der Waals surface area contributed by atoms with Gasteiger partial charge < -0.3 is 15.5 Å². The molecule has 3 N–H and O–H groups in total. The SMILES string of the molecule is NCc1cnc(COc2cc(Cl)ccc2Cl)[nH]1. The van der Waals surface area contributed by atoms with Crippen molar-refractivity contribution in [2.24, 2.45) is 5.73 Å². The topological polar surface area (TPSA) is 63.9 Å². The number of benzene rings is 1. The molecule has 0 saturated heterocycles. The second kappa shape index (κ2) is 5.40. The van der Waals surface area contributed by atoms with Crippen LogP contribution < -0.4 is 10.5 Å². The molecule has 2 aromatic rings. The lowest BCUT2D eigenvalue weighted by atomic mass is 10.3. The fourth-order valence-electron chi connectivity index (χ4n) is 1.32. The minimum Gasteiger partial charge on any atom is -0.484 e. The molecular formula is C11H11Cl2N3O. The third-order valence-corrected chi connectivity index (χ3v) is 2.71. The molecule has 4 nitrogen and oxygen atoms in total. The number of halogens is 2. The van der Waals surface area contributed by atoms with Crippen molar-refractivity contribution in [3.05, 3.63) is 46.0 Å². The summed E-state index contributed by atoms with van der Waals surface area (Å²) in [6, 6.07) is 5.06. The fraction of sp³-hybridized carbons (Fsp3) is 0.182. The van der Waals surface area contributed by atoms with Crippen molar-refractivity contribution in [2.75, 3.05) is 0 Å². The van der Waals surface area contributed by atoms with Gasteiger partial charge in [0.25, 0.3) is 0 Å². The van der Waals surface area contributed by atoms with E-state index in [1.807, 2.05) is 0 Å². The minimum absolute atomic E-state index is 0.292. The van der Waals surface area contributed by atoms with E-state index in [9.17, 15) is 0 Å². The highest BCUT2D eigenvalue weighted by Crippen LogP contribution is 2.28. The van der Waals surface area contributed by atoms with Crippen molar-refractivity contribution >= 4 is 23.2 Å². The number of aromatic amines is 1. The van der Waals surface area contributed by atoms with Crippen molar-refractivity contribution in [3.63, 3.8) is 0 Å². The minimum atomic E-state index is 0.292. The highest BCUT2D eigenvalue weighted by Gasteiger charge is 2.05. The molecule has 0 saturated carbocycles. The van der Waals surface area contributed by atoms with Crippen LogP contribution in [0.4, 0.5) is 0 Å². The quantitative estimate of drug-likeness (QED) is 0.899. The van der Waals surface area contributed by atoms with Crippen LogP contribution in [0.1, 0.15) is 11.5 Å². The van der Waals surface area contributed by atoms with Gasteiger partial charge in [0, 0.05) is 29.5 Å². The van der Waals surface area contributed by atoms with E-state index in [0.29, 0.717) is 34.8 Å². The summed E-state index contributed by atoms with van der Waals surface area (Å²) < 4.78 is 5.51. The maximum Gasteiger partial charge on any atom is 0.146 e. The number of hydrogen-bond acceptors (Lipinski definition) is 3. The van der Waals surface area contributed by atoms with Gasteiger partial charge in [-0.1, -0.05) is 23.2 Å². The number of ether oxygens (including phenoxy) is 1. The van der Waals surface area contributed by atoms with E-state index in [0.717, 1.165) is 5.69 Å². The van der Waals surface area contributed by atoms with E-state index in [2.05, 4.69) is 9.97 Å². The lowest BCUT2D eigenvalue weighted by Gasteiger charge is -2.06. The Balaban J connectivity index is 2.04. The van der Waals surface area contributed by atoms with Gasteiger partial charge in [0.1, 0.15) is 18.2 Å². The van der Waals surface area contributed by atoms with E-state index >= 15 is 0 Å². The fourth-order valence-corrected chi connectivity index (χ4v) is 1.65. The van der Waals surface area contributed by atoms with Crippen molar-refractivity contribution in [1.82, 2.24) is 9.97 Å². The van der Waals surface area contributed by atoms with Gasteiger partial charge in [-0.3, -0.25) is 0 Å². The van der Waals surface area contributed by atoms with Crippen molar-refractivity contribution in [2.45, 2.75) is 13.2 Å². The Bertz CT molecular complexity index is 513. The van der Waals surface area contributed by atoms with Gasteiger partial charge in [-0.2, -0.15) is 0 Å². The first-order valence-electron chi connectivity index (χ1n) is 4.99. The predicted molar refractivity (Wildman–Crippen MR) is 67.3 cm³/mol. The third-order valence-electron chi connectivity index (χ3n) is 2.16. The first kappa shape index (κ1) is 12.2. The number of H-pyrrole nitrogens is 1. The molecule has 1 aromatic heterocycles. The Hall–Kier alpha value is -1.23.